The van der Waals surface area contributed by atoms with Gasteiger partial charge in [-0.15, -0.1) is 0 Å². The molecule has 2 fully saturated rings. The standard InChI is InChI=1S/C16H22N2O3/c19-18(20)15-12-17(10-13-6-2-1-3-7-13)11-14(15)16-8-4-5-9-21-16/h1-3,6-7,14-16H,4-5,8-12H2/t14-,15-,16?/m0/s1. The fourth-order valence-electron chi connectivity index (χ4n) is 3.56. The summed E-state index contributed by atoms with van der Waals surface area (Å²) in [6, 6.07) is 9.68. The SMILES string of the molecule is O=[N+]([O-])[C@H]1CN(Cc2ccccc2)C[C@@H]1C1CCCCO1. The molecule has 1 unspecified atom stereocenters. The summed E-state index contributed by atoms with van der Waals surface area (Å²) in [5.41, 5.74) is 1.21. The van der Waals surface area contributed by atoms with Crippen LogP contribution >= 0.6 is 0 Å². The van der Waals surface area contributed by atoms with Crippen LogP contribution in [0.5, 0.6) is 0 Å². The van der Waals surface area contributed by atoms with Crippen molar-refractivity contribution in [3.63, 3.8) is 0 Å². The zero-order chi connectivity index (χ0) is 14.7. The van der Waals surface area contributed by atoms with Crippen LogP contribution in [-0.4, -0.2) is 41.7 Å². The van der Waals surface area contributed by atoms with Gasteiger partial charge in [0.15, 0.2) is 0 Å². The minimum Gasteiger partial charge on any atom is -0.378 e. The Morgan fingerprint density at radius 1 is 1.24 bits per heavy atom. The Hall–Kier alpha value is -1.46. The molecule has 2 aliphatic rings. The van der Waals surface area contributed by atoms with Gasteiger partial charge in [-0.2, -0.15) is 0 Å². The maximum Gasteiger partial charge on any atom is 0.232 e. The third kappa shape index (κ3) is 3.41. The first-order valence-corrected chi connectivity index (χ1v) is 7.75. The minimum absolute atomic E-state index is 0.0315. The van der Waals surface area contributed by atoms with E-state index in [2.05, 4.69) is 17.0 Å². The Labute approximate surface area is 125 Å². The van der Waals surface area contributed by atoms with Crippen LogP contribution in [0, 0.1) is 16.0 Å². The first-order chi connectivity index (χ1) is 10.2. The van der Waals surface area contributed by atoms with Gasteiger partial charge >= 0.3 is 0 Å². The minimum atomic E-state index is -0.489. The quantitative estimate of drug-likeness (QED) is 0.631. The zero-order valence-electron chi connectivity index (χ0n) is 12.2. The molecular weight excluding hydrogens is 268 g/mol. The Morgan fingerprint density at radius 2 is 2.05 bits per heavy atom. The number of benzene rings is 1. The predicted octanol–water partition coefficient (Wildman–Crippen LogP) is 2.33. The highest BCUT2D eigenvalue weighted by atomic mass is 16.6. The monoisotopic (exact) mass is 290 g/mol. The maximum absolute atomic E-state index is 11.4. The topological polar surface area (TPSA) is 55.6 Å². The van der Waals surface area contributed by atoms with Crippen molar-refractivity contribution < 1.29 is 9.66 Å². The molecule has 1 aromatic rings. The largest absolute Gasteiger partial charge is 0.378 e. The molecule has 2 aliphatic heterocycles. The second-order valence-electron chi connectivity index (χ2n) is 6.10. The number of ether oxygens (including phenoxy) is 1. The molecule has 0 aliphatic carbocycles. The van der Waals surface area contributed by atoms with Crippen molar-refractivity contribution in [3.8, 4) is 0 Å². The van der Waals surface area contributed by atoms with Gasteiger partial charge in [-0.1, -0.05) is 30.3 Å². The van der Waals surface area contributed by atoms with Crippen molar-refractivity contribution in [1.29, 1.82) is 0 Å². The normalized spacial score (nSPS) is 30.4. The molecule has 114 valence electrons. The van der Waals surface area contributed by atoms with Crippen molar-refractivity contribution in [1.82, 2.24) is 4.90 Å². The molecule has 2 heterocycles. The van der Waals surface area contributed by atoms with Gasteiger partial charge in [0.2, 0.25) is 6.04 Å². The molecule has 0 N–H and O–H groups in total. The Balaban J connectivity index is 1.67. The van der Waals surface area contributed by atoms with Gasteiger partial charge in [-0.3, -0.25) is 15.0 Å². The highest BCUT2D eigenvalue weighted by Gasteiger charge is 2.45. The molecule has 0 aromatic heterocycles. The van der Waals surface area contributed by atoms with Crippen molar-refractivity contribution in [2.24, 2.45) is 5.92 Å². The average molecular weight is 290 g/mol. The lowest BCUT2D eigenvalue weighted by Crippen LogP contribution is -2.39. The van der Waals surface area contributed by atoms with E-state index in [1.165, 1.54) is 5.56 Å². The molecule has 0 spiro atoms. The van der Waals surface area contributed by atoms with Gasteiger partial charge in [-0.25, -0.2) is 0 Å². The van der Waals surface area contributed by atoms with E-state index in [0.717, 1.165) is 39.0 Å². The molecule has 5 nitrogen and oxygen atoms in total. The molecule has 3 rings (SSSR count). The van der Waals surface area contributed by atoms with E-state index in [1.807, 2.05) is 18.2 Å². The van der Waals surface area contributed by atoms with Gasteiger partial charge in [-0.05, 0) is 24.8 Å². The molecule has 2 saturated heterocycles. The number of nitro groups is 1. The third-order valence-corrected chi connectivity index (χ3v) is 4.62. The van der Waals surface area contributed by atoms with Gasteiger partial charge in [0.05, 0.1) is 18.6 Å². The van der Waals surface area contributed by atoms with Gasteiger partial charge in [0, 0.05) is 24.6 Å². The fraction of sp³-hybridized carbons (Fsp3) is 0.625. The lowest BCUT2D eigenvalue weighted by molar-refractivity contribution is -0.528. The average Bonchev–Trinajstić information content (AvgIpc) is 2.93. The fourth-order valence-corrected chi connectivity index (χ4v) is 3.56. The maximum atomic E-state index is 11.4. The van der Waals surface area contributed by atoms with Crippen LogP contribution in [0.3, 0.4) is 0 Å². The number of hydrogen-bond donors (Lipinski definition) is 0. The Bertz CT molecular complexity index is 474. The first-order valence-electron chi connectivity index (χ1n) is 7.75. The summed E-state index contributed by atoms with van der Waals surface area (Å²) in [4.78, 5) is 13.5. The molecule has 1 aromatic carbocycles. The van der Waals surface area contributed by atoms with E-state index in [9.17, 15) is 10.1 Å². The van der Waals surface area contributed by atoms with Gasteiger partial charge < -0.3 is 4.74 Å². The summed E-state index contributed by atoms with van der Waals surface area (Å²) in [5, 5.41) is 11.4. The van der Waals surface area contributed by atoms with E-state index >= 15 is 0 Å². The van der Waals surface area contributed by atoms with E-state index in [-0.39, 0.29) is 16.9 Å². The van der Waals surface area contributed by atoms with Crippen LogP contribution < -0.4 is 0 Å². The Kier molecular flexibility index (Phi) is 4.51. The lowest BCUT2D eigenvalue weighted by Gasteiger charge is -2.28. The van der Waals surface area contributed by atoms with E-state index in [1.54, 1.807) is 0 Å². The van der Waals surface area contributed by atoms with E-state index in [0.29, 0.717) is 6.54 Å². The molecule has 0 bridgehead atoms. The Morgan fingerprint density at radius 3 is 2.71 bits per heavy atom. The number of rotatable bonds is 4. The predicted molar refractivity (Wildman–Crippen MR) is 79.6 cm³/mol. The van der Waals surface area contributed by atoms with Crippen LogP contribution in [0.2, 0.25) is 0 Å². The van der Waals surface area contributed by atoms with Crippen molar-refractivity contribution >= 4 is 0 Å². The third-order valence-electron chi connectivity index (χ3n) is 4.62. The smallest absolute Gasteiger partial charge is 0.232 e. The molecule has 3 atom stereocenters. The number of likely N-dealkylation sites (tertiary alicyclic amines) is 1. The molecule has 0 radical (unpaired) electrons. The number of hydrogen-bond acceptors (Lipinski definition) is 4. The summed E-state index contributed by atoms with van der Waals surface area (Å²) in [6.07, 6.45) is 3.24. The van der Waals surface area contributed by atoms with Crippen LogP contribution in [-0.2, 0) is 11.3 Å². The van der Waals surface area contributed by atoms with Crippen LogP contribution in [0.4, 0.5) is 0 Å². The second kappa shape index (κ2) is 6.54. The molecule has 21 heavy (non-hydrogen) atoms. The summed E-state index contributed by atoms with van der Waals surface area (Å²) < 4.78 is 5.81. The summed E-state index contributed by atoms with van der Waals surface area (Å²) in [5.74, 6) is 0.0315. The van der Waals surface area contributed by atoms with Crippen LogP contribution in [0.25, 0.3) is 0 Å². The lowest BCUT2D eigenvalue weighted by atomic mass is 9.92. The van der Waals surface area contributed by atoms with Gasteiger partial charge in [0.1, 0.15) is 0 Å². The van der Waals surface area contributed by atoms with E-state index < -0.39 is 6.04 Å². The van der Waals surface area contributed by atoms with Crippen molar-refractivity contribution in [2.75, 3.05) is 19.7 Å². The summed E-state index contributed by atoms with van der Waals surface area (Å²) >= 11 is 0. The van der Waals surface area contributed by atoms with Crippen molar-refractivity contribution in [2.45, 2.75) is 38.0 Å². The highest BCUT2D eigenvalue weighted by molar-refractivity contribution is 5.14. The second-order valence-corrected chi connectivity index (χ2v) is 6.10. The summed E-state index contributed by atoms with van der Waals surface area (Å²) in [7, 11) is 0. The van der Waals surface area contributed by atoms with Gasteiger partial charge in [0.25, 0.3) is 0 Å². The number of nitrogens with zero attached hydrogens (tertiary/aromatic N) is 2. The summed E-state index contributed by atoms with van der Waals surface area (Å²) in [6.45, 7) is 2.84. The highest BCUT2D eigenvalue weighted by Crippen LogP contribution is 2.30. The zero-order valence-corrected chi connectivity index (χ0v) is 12.2. The molecular formula is C16H22N2O3. The molecule has 5 heteroatoms. The molecule has 0 amide bonds. The van der Waals surface area contributed by atoms with Crippen molar-refractivity contribution in [3.05, 3.63) is 46.0 Å². The first kappa shape index (κ1) is 14.5. The van der Waals surface area contributed by atoms with Crippen LogP contribution in [0.15, 0.2) is 30.3 Å². The molecule has 0 saturated carbocycles. The van der Waals surface area contributed by atoms with E-state index in [4.69, 9.17) is 4.74 Å². The van der Waals surface area contributed by atoms with Crippen LogP contribution in [0.1, 0.15) is 24.8 Å².